The summed E-state index contributed by atoms with van der Waals surface area (Å²) in [4.78, 5) is 24.9. The van der Waals surface area contributed by atoms with Crippen LogP contribution in [0, 0.1) is 0 Å². The first-order valence-electron chi connectivity index (χ1n) is 8.49. The molecule has 2 rings (SSSR count). The second-order valence-corrected chi connectivity index (χ2v) is 5.95. The summed E-state index contributed by atoms with van der Waals surface area (Å²) in [6.45, 7) is 3.01. The van der Waals surface area contributed by atoms with E-state index in [4.69, 9.17) is 19.3 Å². The Morgan fingerprint density at radius 2 is 2.08 bits per heavy atom. The first kappa shape index (κ1) is 19.1. The van der Waals surface area contributed by atoms with Crippen molar-refractivity contribution >= 4 is 11.9 Å². The van der Waals surface area contributed by atoms with Crippen molar-refractivity contribution in [1.82, 2.24) is 4.90 Å². The zero-order valence-corrected chi connectivity index (χ0v) is 14.7. The van der Waals surface area contributed by atoms with Gasteiger partial charge < -0.3 is 24.2 Å². The smallest absolute Gasteiger partial charge is 0.341 e. The summed E-state index contributed by atoms with van der Waals surface area (Å²) in [6.07, 6.45) is 3.23. The van der Waals surface area contributed by atoms with Crippen LogP contribution >= 0.6 is 0 Å². The van der Waals surface area contributed by atoms with Gasteiger partial charge in [0.05, 0.1) is 12.7 Å². The van der Waals surface area contributed by atoms with E-state index in [0.29, 0.717) is 30.2 Å². The van der Waals surface area contributed by atoms with Crippen LogP contribution in [0.1, 0.15) is 36.5 Å². The van der Waals surface area contributed by atoms with Gasteiger partial charge in [0.25, 0.3) is 5.91 Å². The van der Waals surface area contributed by atoms with Crippen LogP contribution in [0.4, 0.5) is 0 Å². The number of ether oxygens (including phenoxy) is 3. The average molecular weight is 351 g/mol. The molecule has 1 saturated heterocycles. The van der Waals surface area contributed by atoms with Crippen LogP contribution in [0.25, 0.3) is 0 Å². The van der Waals surface area contributed by atoms with Crippen LogP contribution in [-0.4, -0.2) is 61.4 Å². The van der Waals surface area contributed by atoms with Crippen LogP contribution in [0.2, 0.25) is 0 Å². The summed E-state index contributed by atoms with van der Waals surface area (Å²) in [5.74, 6) is -0.550. The number of rotatable bonds is 8. The topological polar surface area (TPSA) is 85.3 Å². The predicted molar refractivity (Wildman–Crippen MR) is 91.3 cm³/mol. The fourth-order valence-electron chi connectivity index (χ4n) is 2.73. The van der Waals surface area contributed by atoms with Gasteiger partial charge in [-0.1, -0.05) is 0 Å². The van der Waals surface area contributed by atoms with Gasteiger partial charge in [0.2, 0.25) is 0 Å². The van der Waals surface area contributed by atoms with Crippen molar-refractivity contribution in [3.63, 3.8) is 0 Å². The molecule has 7 nitrogen and oxygen atoms in total. The van der Waals surface area contributed by atoms with Crippen LogP contribution in [0.15, 0.2) is 18.2 Å². The first-order chi connectivity index (χ1) is 12.0. The van der Waals surface area contributed by atoms with E-state index in [-0.39, 0.29) is 12.0 Å². The second kappa shape index (κ2) is 9.27. The SMILES string of the molecule is CCOc1cc(C(=O)N(C)CC2CCCCO2)ccc1OCC(=O)O. The molecule has 1 aliphatic heterocycles. The Hall–Kier alpha value is -2.28. The van der Waals surface area contributed by atoms with Gasteiger partial charge in [-0.2, -0.15) is 0 Å². The summed E-state index contributed by atoms with van der Waals surface area (Å²) >= 11 is 0. The molecule has 0 aromatic heterocycles. The van der Waals surface area contributed by atoms with Crippen LogP contribution in [0.3, 0.4) is 0 Å². The summed E-state index contributed by atoms with van der Waals surface area (Å²) < 4.78 is 16.4. The van der Waals surface area contributed by atoms with E-state index in [1.807, 2.05) is 6.92 Å². The van der Waals surface area contributed by atoms with Crippen molar-refractivity contribution in [2.24, 2.45) is 0 Å². The van der Waals surface area contributed by atoms with Gasteiger partial charge in [-0.05, 0) is 44.4 Å². The number of carboxylic acids is 1. The Balaban J connectivity index is 2.07. The fraction of sp³-hybridized carbons (Fsp3) is 0.556. The molecule has 1 fully saturated rings. The van der Waals surface area contributed by atoms with Crippen molar-refractivity contribution in [2.75, 3.05) is 33.4 Å². The third kappa shape index (κ3) is 5.63. The number of carboxylic acid groups (broad SMARTS) is 1. The van der Waals surface area contributed by atoms with Crippen molar-refractivity contribution in [3.8, 4) is 11.5 Å². The monoisotopic (exact) mass is 351 g/mol. The number of aliphatic carboxylic acids is 1. The predicted octanol–water partition coefficient (Wildman–Crippen LogP) is 2.19. The Morgan fingerprint density at radius 3 is 2.72 bits per heavy atom. The quantitative estimate of drug-likeness (QED) is 0.773. The summed E-state index contributed by atoms with van der Waals surface area (Å²) in [5.41, 5.74) is 0.462. The van der Waals surface area contributed by atoms with Gasteiger partial charge in [0.1, 0.15) is 0 Å². The van der Waals surface area contributed by atoms with Gasteiger partial charge in [-0.25, -0.2) is 4.79 Å². The molecule has 0 bridgehead atoms. The molecule has 1 atom stereocenters. The highest BCUT2D eigenvalue weighted by molar-refractivity contribution is 5.94. The lowest BCUT2D eigenvalue weighted by molar-refractivity contribution is -0.139. The minimum Gasteiger partial charge on any atom is -0.490 e. The van der Waals surface area contributed by atoms with Gasteiger partial charge >= 0.3 is 5.97 Å². The second-order valence-electron chi connectivity index (χ2n) is 5.95. The van der Waals surface area contributed by atoms with Gasteiger partial charge in [-0.3, -0.25) is 4.79 Å². The Bertz CT molecular complexity index is 597. The molecule has 1 aromatic carbocycles. The molecule has 0 saturated carbocycles. The summed E-state index contributed by atoms with van der Waals surface area (Å²) in [5, 5.41) is 8.73. The number of nitrogens with zero attached hydrogens (tertiary/aromatic N) is 1. The van der Waals surface area contributed by atoms with E-state index in [1.165, 1.54) is 0 Å². The van der Waals surface area contributed by atoms with E-state index in [9.17, 15) is 9.59 Å². The van der Waals surface area contributed by atoms with E-state index in [2.05, 4.69) is 0 Å². The highest BCUT2D eigenvalue weighted by Gasteiger charge is 2.21. The highest BCUT2D eigenvalue weighted by Crippen LogP contribution is 2.29. The number of likely N-dealkylation sites (N-methyl/N-ethyl adjacent to an activating group) is 1. The molecule has 25 heavy (non-hydrogen) atoms. The number of amides is 1. The fourth-order valence-corrected chi connectivity index (χ4v) is 2.73. The van der Waals surface area contributed by atoms with Gasteiger partial charge in [-0.15, -0.1) is 0 Å². The standard InChI is InChI=1S/C18H25NO6/c1-3-23-16-10-13(7-8-15(16)25-12-17(20)21)18(22)19(2)11-14-6-4-5-9-24-14/h7-8,10,14H,3-6,9,11-12H2,1-2H3,(H,20,21). The maximum Gasteiger partial charge on any atom is 0.341 e. The minimum absolute atomic E-state index is 0.0761. The molecule has 1 N–H and O–H groups in total. The van der Waals surface area contributed by atoms with Crippen molar-refractivity contribution < 1.29 is 28.9 Å². The lowest BCUT2D eigenvalue weighted by Crippen LogP contribution is -2.37. The van der Waals surface area contributed by atoms with Crippen molar-refractivity contribution in [1.29, 1.82) is 0 Å². The van der Waals surface area contributed by atoms with Gasteiger partial charge in [0, 0.05) is 25.8 Å². The van der Waals surface area contributed by atoms with Crippen LogP contribution < -0.4 is 9.47 Å². The molecule has 138 valence electrons. The molecule has 1 aromatic rings. The number of hydrogen-bond donors (Lipinski definition) is 1. The normalized spacial score (nSPS) is 17.0. The number of carbonyl (C=O) groups is 2. The van der Waals surface area contributed by atoms with Gasteiger partial charge in [0.15, 0.2) is 18.1 Å². The van der Waals surface area contributed by atoms with E-state index < -0.39 is 12.6 Å². The maximum absolute atomic E-state index is 12.6. The molecule has 1 amide bonds. The molecule has 0 radical (unpaired) electrons. The molecular formula is C18H25NO6. The molecule has 0 aliphatic carbocycles. The van der Waals surface area contributed by atoms with E-state index in [1.54, 1.807) is 30.1 Å². The minimum atomic E-state index is -1.07. The summed E-state index contributed by atoms with van der Waals surface area (Å²) in [6, 6.07) is 4.76. The Labute approximate surface area is 147 Å². The zero-order chi connectivity index (χ0) is 18.2. The Morgan fingerprint density at radius 1 is 1.28 bits per heavy atom. The van der Waals surface area contributed by atoms with Crippen LogP contribution in [-0.2, 0) is 9.53 Å². The molecule has 0 spiro atoms. The summed E-state index contributed by atoms with van der Waals surface area (Å²) in [7, 11) is 1.75. The lowest BCUT2D eigenvalue weighted by atomic mass is 10.1. The largest absolute Gasteiger partial charge is 0.490 e. The lowest BCUT2D eigenvalue weighted by Gasteiger charge is -2.27. The highest BCUT2D eigenvalue weighted by atomic mass is 16.5. The number of benzene rings is 1. The van der Waals surface area contributed by atoms with E-state index in [0.717, 1.165) is 25.9 Å². The maximum atomic E-state index is 12.6. The third-order valence-corrected chi connectivity index (χ3v) is 3.94. The first-order valence-corrected chi connectivity index (χ1v) is 8.49. The van der Waals surface area contributed by atoms with E-state index >= 15 is 0 Å². The van der Waals surface area contributed by atoms with Crippen molar-refractivity contribution in [3.05, 3.63) is 23.8 Å². The number of hydrogen-bond acceptors (Lipinski definition) is 5. The number of carbonyl (C=O) groups excluding carboxylic acids is 1. The zero-order valence-electron chi connectivity index (χ0n) is 14.7. The molecule has 7 heteroatoms. The third-order valence-electron chi connectivity index (χ3n) is 3.94. The molecule has 1 heterocycles. The average Bonchev–Trinajstić information content (AvgIpc) is 2.61. The Kier molecular flexibility index (Phi) is 7.06. The molecular weight excluding hydrogens is 326 g/mol. The van der Waals surface area contributed by atoms with Crippen LogP contribution in [0.5, 0.6) is 11.5 Å². The van der Waals surface area contributed by atoms with Crippen molar-refractivity contribution in [2.45, 2.75) is 32.3 Å². The molecule has 1 unspecified atom stereocenters. The molecule has 1 aliphatic rings.